The number of rotatable bonds is 10. The van der Waals surface area contributed by atoms with E-state index in [4.69, 9.17) is 0 Å². The third-order valence-corrected chi connectivity index (χ3v) is 10.7. The summed E-state index contributed by atoms with van der Waals surface area (Å²) in [5.74, 6) is 0. The standard InChI is InChI=1S/C56H41N/c1-41(53-21-11-12-22-54(53)49-15-5-2-6-16-49)42-25-27-43(28-26-42)44-29-31-45(32-30-44)46-33-35-47(36-34-46)48-37-39-52(40-38-48)57(51-19-9-4-10-20-51)56-24-14-13-23-55(56)50-17-7-3-8-18-50/h2-40H,1H2. The zero-order chi connectivity index (χ0) is 38.4. The molecular formula is C56H41N. The summed E-state index contributed by atoms with van der Waals surface area (Å²) < 4.78 is 0. The van der Waals surface area contributed by atoms with Crippen molar-refractivity contribution in [2.45, 2.75) is 0 Å². The number of anilines is 3. The van der Waals surface area contributed by atoms with Crippen molar-refractivity contribution in [1.82, 2.24) is 0 Å². The molecule has 0 bridgehead atoms. The van der Waals surface area contributed by atoms with Gasteiger partial charge in [-0.15, -0.1) is 0 Å². The van der Waals surface area contributed by atoms with Crippen molar-refractivity contribution >= 4 is 22.6 Å². The van der Waals surface area contributed by atoms with Crippen molar-refractivity contribution in [3.63, 3.8) is 0 Å². The number of hydrogen-bond acceptors (Lipinski definition) is 1. The van der Waals surface area contributed by atoms with Gasteiger partial charge in [0.25, 0.3) is 0 Å². The van der Waals surface area contributed by atoms with Gasteiger partial charge in [0.2, 0.25) is 0 Å². The zero-order valence-corrected chi connectivity index (χ0v) is 31.7. The molecule has 0 aliphatic rings. The SMILES string of the molecule is C=C(c1ccc(-c2ccc(-c3ccc(-c4ccc(N(c5ccccc5)c5ccccc5-c5ccccc5)cc4)cc3)cc2)cc1)c1ccccc1-c1ccccc1. The third kappa shape index (κ3) is 7.48. The van der Waals surface area contributed by atoms with Crippen molar-refractivity contribution < 1.29 is 0 Å². The molecule has 0 fully saturated rings. The van der Waals surface area contributed by atoms with Crippen molar-refractivity contribution in [2.75, 3.05) is 4.90 Å². The summed E-state index contributed by atoms with van der Waals surface area (Å²) in [7, 11) is 0. The molecule has 9 rings (SSSR count). The highest BCUT2D eigenvalue weighted by Gasteiger charge is 2.17. The highest BCUT2D eigenvalue weighted by molar-refractivity contribution is 5.90. The minimum Gasteiger partial charge on any atom is -0.310 e. The Balaban J connectivity index is 0.916. The Morgan fingerprint density at radius 1 is 0.281 bits per heavy atom. The second kappa shape index (κ2) is 16.1. The van der Waals surface area contributed by atoms with Gasteiger partial charge >= 0.3 is 0 Å². The predicted molar refractivity (Wildman–Crippen MR) is 243 cm³/mol. The smallest absolute Gasteiger partial charge is 0.0540 e. The highest BCUT2D eigenvalue weighted by atomic mass is 15.1. The zero-order valence-electron chi connectivity index (χ0n) is 31.7. The van der Waals surface area contributed by atoms with Crippen molar-refractivity contribution in [3.05, 3.63) is 254 Å². The predicted octanol–water partition coefficient (Wildman–Crippen LogP) is 15.6. The van der Waals surface area contributed by atoms with Crippen LogP contribution in [0, 0.1) is 0 Å². The maximum absolute atomic E-state index is 4.50. The van der Waals surface area contributed by atoms with Crippen LogP contribution in [0.2, 0.25) is 0 Å². The number of para-hydroxylation sites is 2. The first-order valence-corrected chi connectivity index (χ1v) is 19.4. The van der Waals surface area contributed by atoms with Crippen molar-refractivity contribution in [1.29, 1.82) is 0 Å². The fourth-order valence-electron chi connectivity index (χ4n) is 7.68. The van der Waals surface area contributed by atoms with E-state index in [1.807, 2.05) is 0 Å². The van der Waals surface area contributed by atoms with Gasteiger partial charge in [-0.3, -0.25) is 0 Å². The summed E-state index contributed by atoms with van der Waals surface area (Å²) in [5, 5.41) is 0. The number of benzene rings is 9. The van der Waals surface area contributed by atoms with E-state index in [1.54, 1.807) is 0 Å². The lowest BCUT2D eigenvalue weighted by atomic mass is 9.91. The van der Waals surface area contributed by atoms with Gasteiger partial charge in [0.1, 0.15) is 0 Å². The van der Waals surface area contributed by atoms with Gasteiger partial charge in [-0.1, -0.05) is 213 Å². The Kier molecular flexibility index (Phi) is 9.95. The molecule has 0 aliphatic heterocycles. The van der Waals surface area contributed by atoms with Crippen LogP contribution in [0.1, 0.15) is 11.1 Å². The lowest BCUT2D eigenvalue weighted by molar-refractivity contribution is 1.28. The minimum atomic E-state index is 1.02. The van der Waals surface area contributed by atoms with Crippen LogP contribution in [0.15, 0.2) is 243 Å². The fourth-order valence-corrected chi connectivity index (χ4v) is 7.68. The van der Waals surface area contributed by atoms with Gasteiger partial charge in [0, 0.05) is 16.9 Å². The van der Waals surface area contributed by atoms with Gasteiger partial charge in [0.05, 0.1) is 5.69 Å². The topological polar surface area (TPSA) is 3.24 Å². The molecule has 0 N–H and O–H groups in total. The molecule has 0 amide bonds. The van der Waals surface area contributed by atoms with Crippen LogP contribution in [0.5, 0.6) is 0 Å². The molecule has 0 saturated heterocycles. The Labute approximate surface area is 336 Å². The molecule has 0 aliphatic carbocycles. The van der Waals surface area contributed by atoms with E-state index < -0.39 is 0 Å². The first kappa shape index (κ1) is 35.2. The molecule has 57 heavy (non-hydrogen) atoms. The van der Waals surface area contributed by atoms with Gasteiger partial charge in [0.15, 0.2) is 0 Å². The molecule has 0 unspecified atom stereocenters. The van der Waals surface area contributed by atoms with Gasteiger partial charge in [-0.2, -0.15) is 0 Å². The summed E-state index contributed by atoms with van der Waals surface area (Å²) in [4.78, 5) is 2.34. The average molecular weight is 728 g/mol. The Bertz CT molecular complexity index is 2730. The molecular weight excluding hydrogens is 687 g/mol. The highest BCUT2D eigenvalue weighted by Crippen LogP contribution is 2.41. The lowest BCUT2D eigenvalue weighted by Gasteiger charge is -2.28. The van der Waals surface area contributed by atoms with E-state index in [0.717, 1.165) is 33.8 Å². The molecule has 0 heterocycles. The van der Waals surface area contributed by atoms with Crippen molar-refractivity contribution in [2.24, 2.45) is 0 Å². The molecule has 0 atom stereocenters. The van der Waals surface area contributed by atoms with E-state index in [2.05, 4.69) is 248 Å². The average Bonchev–Trinajstić information content (AvgIpc) is 3.30. The fraction of sp³-hybridized carbons (Fsp3) is 0. The molecule has 9 aromatic carbocycles. The summed E-state index contributed by atoms with van der Waals surface area (Å²) in [6.45, 7) is 4.50. The second-order valence-corrected chi connectivity index (χ2v) is 14.2. The van der Waals surface area contributed by atoms with Crippen LogP contribution >= 0.6 is 0 Å². The molecule has 0 radical (unpaired) electrons. The summed E-state index contributed by atoms with van der Waals surface area (Å²) >= 11 is 0. The summed E-state index contributed by atoms with van der Waals surface area (Å²) in [5.41, 5.74) is 18.6. The Morgan fingerprint density at radius 2 is 0.632 bits per heavy atom. The minimum absolute atomic E-state index is 1.02. The Hall–Kier alpha value is -7.48. The van der Waals surface area contributed by atoms with E-state index in [9.17, 15) is 0 Å². The molecule has 0 aromatic heterocycles. The molecule has 0 spiro atoms. The Morgan fingerprint density at radius 3 is 1.14 bits per heavy atom. The van der Waals surface area contributed by atoms with Crippen LogP contribution in [-0.4, -0.2) is 0 Å². The quantitative estimate of drug-likeness (QED) is 0.136. The second-order valence-electron chi connectivity index (χ2n) is 14.2. The third-order valence-electron chi connectivity index (χ3n) is 10.7. The van der Waals surface area contributed by atoms with Gasteiger partial charge in [-0.25, -0.2) is 0 Å². The van der Waals surface area contributed by atoms with Crippen LogP contribution in [0.25, 0.3) is 61.2 Å². The maximum atomic E-state index is 4.50. The van der Waals surface area contributed by atoms with Crippen LogP contribution in [0.3, 0.4) is 0 Å². The van der Waals surface area contributed by atoms with Gasteiger partial charge < -0.3 is 4.90 Å². The molecule has 1 nitrogen and oxygen atoms in total. The largest absolute Gasteiger partial charge is 0.310 e. The normalized spacial score (nSPS) is 10.9. The first-order valence-electron chi connectivity index (χ1n) is 19.4. The van der Waals surface area contributed by atoms with E-state index in [1.165, 1.54) is 55.6 Å². The van der Waals surface area contributed by atoms with Gasteiger partial charge in [-0.05, 0) is 97.1 Å². The molecule has 270 valence electrons. The van der Waals surface area contributed by atoms with E-state index in [0.29, 0.717) is 0 Å². The monoisotopic (exact) mass is 727 g/mol. The summed E-state index contributed by atoms with van der Waals surface area (Å²) in [6.07, 6.45) is 0. The van der Waals surface area contributed by atoms with Crippen LogP contribution in [-0.2, 0) is 0 Å². The van der Waals surface area contributed by atoms with Crippen LogP contribution in [0.4, 0.5) is 17.1 Å². The van der Waals surface area contributed by atoms with E-state index >= 15 is 0 Å². The first-order chi connectivity index (χ1) is 28.2. The van der Waals surface area contributed by atoms with Crippen LogP contribution < -0.4 is 4.90 Å². The summed E-state index contributed by atoms with van der Waals surface area (Å²) in [6, 6.07) is 84.3. The molecule has 0 saturated carbocycles. The molecule has 9 aromatic rings. The maximum Gasteiger partial charge on any atom is 0.0540 e. The number of hydrogen-bond donors (Lipinski definition) is 0. The van der Waals surface area contributed by atoms with Crippen molar-refractivity contribution in [3.8, 4) is 55.6 Å². The number of nitrogens with zero attached hydrogens (tertiary/aromatic N) is 1. The van der Waals surface area contributed by atoms with E-state index in [-0.39, 0.29) is 0 Å². The molecule has 1 heteroatoms. The lowest BCUT2D eigenvalue weighted by Crippen LogP contribution is -2.11.